The van der Waals surface area contributed by atoms with Gasteiger partial charge in [0.25, 0.3) is 0 Å². The topological polar surface area (TPSA) is 79.7 Å². The van der Waals surface area contributed by atoms with E-state index >= 15 is 0 Å². The lowest BCUT2D eigenvalue weighted by Gasteiger charge is -2.33. The van der Waals surface area contributed by atoms with Crippen LogP contribution < -0.4 is 10.1 Å². The highest BCUT2D eigenvalue weighted by Crippen LogP contribution is 2.25. The number of hydrogen-bond donors (Lipinski definition) is 1. The lowest BCUT2D eigenvalue weighted by molar-refractivity contribution is -0.120. The van der Waals surface area contributed by atoms with E-state index in [2.05, 4.69) is 15.2 Å². The number of benzene rings is 1. The molecule has 0 atom stereocenters. The van der Waals surface area contributed by atoms with E-state index in [4.69, 9.17) is 4.74 Å². The van der Waals surface area contributed by atoms with Gasteiger partial charge >= 0.3 is 6.09 Å². The maximum atomic E-state index is 12.5. The van der Waals surface area contributed by atoms with Gasteiger partial charge in [-0.2, -0.15) is 0 Å². The Morgan fingerprint density at radius 3 is 2.44 bits per heavy atom. The van der Waals surface area contributed by atoms with Crippen molar-refractivity contribution >= 4 is 17.7 Å². The molecule has 0 bridgehead atoms. The summed E-state index contributed by atoms with van der Waals surface area (Å²) in [5, 5.41) is 2.98. The average molecular weight is 440 g/mol. The maximum Gasteiger partial charge on any atom is 0.415 e. The van der Waals surface area contributed by atoms with Crippen molar-refractivity contribution in [2.75, 3.05) is 38.0 Å². The summed E-state index contributed by atoms with van der Waals surface area (Å²) >= 11 is 0. The molecule has 1 saturated heterocycles. The first kappa shape index (κ1) is 22.3. The summed E-state index contributed by atoms with van der Waals surface area (Å²) in [6.07, 6.45) is 9.88. The molecule has 1 N–H and O–H groups in total. The fourth-order valence-corrected chi connectivity index (χ4v) is 4.40. The summed E-state index contributed by atoms with van der Waals surface area (Å²) in [4.78, 5) is 33.4. The number of imidazole rings is 1. The molecule has 0 spiro atoms. The molecule has 8 nitrogen and oxygen atoms in total. The SMILES string of the molecule is Cn1cnc(CCN2CCN(C(=O)Oc3ccc(NC(=O)C4CCCCC4)cc3)CC2)c1. The number of carbonyl (C=O) groups excluding carboxylic acids is 2. The molecule has 1 saturated carbocycles. The van der Waals surface area contributed by atoms with Gasteiger partial charge in [0.1, 0.15) is 5.75 Å². The van der Waals surface area contributed by atoms with Crippen LogP contribution in [0.15, 0.2) is 36.8 Å². The molecule has 2 aromatic rings. The fourth-order valence-electron chi connectivity index (χ4n) is 4.40. The van der Waals surface area contributed by atoms with Crippen molar-refractivity contribution in [3.63, 3.8) is 0 Å². The smallest absolute Gasteiger partial charge is 0.410 e. The van der Waals surface area contributed by atoms with Gasteiger partial charge in [-0.15, -0.1) is 0 Å². The van der Waals surface area contributed by atoms with Crippen LogP contribution in [-0.2, 0) is 18.3 Å². The molecule has 1 aromatic carbocycles. The Morgan fingerprint density at radius 2 is 1.78 bits per heavy atom. The highest BCUT2D eigenvalue weighted by molar-refractivity contribution is 5.92. The number of hydrogen-bond acceptors (Lipinski definition) is 5. The minimum Gasteiger partial charge on any atom is -0.410 e. The molecule has 2 amide bonds. The van der Waals surface area contributed by atoms with Gasteiger partial charge < -0.3 is 19.5 Å². The summed E-state index contributed by atoms with van der Waals surface area (Å²) in [7, 11) is 1.97. The van der Waals surface area contributed by atoms with Gasteiger partial charge in [-0.3, -0.25) is 9.69 Å². The molecule has 1 aliphatic heterocycles. The Kier molecular flexibility index (Phi) is 7.42. The van der Waals surface area contributed by atoms with E-state index in [0.717, 1.165) is 63.1 Å². The molecule has 2 heterocycles. The van der Waals surface area contributed by atoms with Gasteiger partial charge in [-0.1, -0.05) is 19.3 Å². The molecule has 172 valence electrons. The number of aromatic nitrogens is 2. The average Bonchev–Trinajstić information content (AvgIpc) is 3.25. The Morgan fingerprint density at radius 1 is 1.06 bits per heavy atom. The first-order chi connectivity index (χ1) is 15.6. The molecule has 0 radical (unpaired) electrons. The van der Waals surface area contributed by atoms with Gasteiger partial charge in [-0.05, 0) is 37.1 Å². The highest BCUT2D eigenvalue weighted by atomic mass is 16.6. The fraction of sp³-hybridized carbons (Fsp3) is 0.542. The maximum absolute atomic E-state index is 12.5. The number of piperazine rings is 1. The normalized spacial score (nSPS) is 17.8. The number of ether oxygens (including phenoxy) is 1. The number of anilines is 1. The van der Waals surface area contributed by atoms with Crippen LogP contribution in [0.4, 0.5) is 10.5 Å². The van der Waals surface area contributed by atoms with E-state index in [1.807, 2.05) is 24.1 Å². The van der Waals surface area contributed by atoms with Crippen LogP contribution in [0.25, 0.3) is 0 Å². The van der Waals surface area contributed by atoms with Crippen molar-refractivity contribution < 1.29 is 14.3 Å². The standard InChI is InChI=1S/C24H33N5O3/c1-27-17-21(25-18-27)11-12-28-13-15-29(16-14-28)24(31)32-22-9-7-20(8-10-22)26-23(30)19-5-3-2-4-6-19/h7-10,17-19H,2-6,11-16H2,1H3,(H,26,30). The van der Waals surface area contributed by atoms with E-state index < -0.39 is 0 Å². The van der Waals surface area contributed by atoms with Crippen LogP contribution in [0, 0.1) is 5.92 Å². The van der Waals surface area contributed by atoms with Crippen molar-refractivity contribution in [2.24, 2.45) is 13.0 Å². The first-order valence-electron chi connectivity index (χ1n) is 11.6. The van der Waals surface area contributed by atoms with Gasteiger partial charge in [0.2, 0.25) is 5.91 Å². The molecule has 2 aliphatic rings. The van der Waals surface area contributed by atoms with Gasteiger partial charge in [0.05, 0.1) is 12.0 Å². The zero-order valence-corrected chi connectivity index (χ0v) is 18.8. The van der Waals surface area contributed by atoms with Crippen molar-refractivity contribution in [3.8, 4) is 5.75 Å². The molecular weight excluding hydrogens is 406 g/mol. The minimum absolute atomic E-state index is 0.0929. The summed E-state index contributed by atoms with van der Waals surface area (Å²) < 4.78 is 7.50. The Hall–Kier alpha value is -2.87. The van der Waals surface area contributed by atoms with Crippen molar-refractivity contribution in [3.05, 3.63) is 42.5 Å². The van der Waals surface area contributed by atoms with E-state index in [0.29, 0.717) is 18.8 Å². The quantitative estimate of drug-likeness (QED) is 0.747. The van der Waals surface area contributed by atoms with Crippen LogP contribution in [0.3, 0.4) is 0 Å². The predicted octanol–water partition coefficient (Wildman–Crippen LogP) is 3.30. The van der Waals surface area contributed by atoms with E-state index in [1.165, 1.54) is 6.42 Å². The van der Waals surface area contributed by atoms with Crippen molar-refractivity contribution in [2.45, 2.75) is 38.5 Å². The van der Waals surface area contributed by atoms with E-state index in [1.54, 1.807) is 29.2 Å². The Labute approximate surface area is 189 Å². The van der Waals surface area contributed by atoms with Gasteiger partial charge in [0.15, 0.2) is 0 Å². The lowest BCUT2D eigenvalue weighted by Crippen LogP contribution is -2.49. The summed E-state index contributed by atoms with van der Waals surface area (Å²) in [6, 6.07) is 7.05. The lowest BCUT2D eigenvalue weighted by atomic mass is 9.88. The number of nitrogens with one attached hydrogen (secondary N) is 1. The summed E-state index contributed by atoms with van der Waals surface area (Å²) in [5.41, 5.74) is 1.83. The van der Waals surface area contributed by atoms with Crippen LogP contribution in [0.2, 0.25) is 0 Å². The van der Waals surface area contributed by atoms with Gasteiger partial charge in [0, 0.05) is 64.0 Å². The van der Waals surface area contributed by atoms with Crippen LogP contribution in [0.5, 0.6) is 5.75 Å². The molecule has 0 unspecified atom stereocenters. The third kappa shape index (κ3) is 6.09. The third-order valence-electron chi connectivity index (χ3n) is 6.38. The monoisotopic (exact) mass is 439 g/mol. The second-order valence-electron chi connectivity index (χ2n) is 8.83. The summed E-state index contributed by atoms with van der Waals surface area (Å²) in [6.45, 7) is 3.89. The van der Waals surface area contributed by atoms with Crippen LogP contribution in [-0.4, -0.2) is 64.1 Å². The predicted molar refractivity (Wildman–Crippen MR) is 123 cm³/mol. The molecule has 4 rings (SSSR count). The van der Waals surface area contributed by atoms with Crippen molar-refractivity contribution in [1.29, 1.82) is 0 Å². The molecule has 1 aliphatic carbocycles. The Balaban J connectivity index is 1.19. The molecule has 8 heteroatoms. The van der Waals surface area contributed by atoms with Crippen LogP contribution >= 0.6 is 0 Å². The number of amides is 2. The number of nitrogens with zero attached hydrogens (tertiary/aromatic N) is 4. The second kappa shape index (κ2) is 10.6. The minimum atomic E-state index is -0.326. The second-order valence-corrected chi connectivity index (χ2v) is 8.83. The number of rotatable bonds is 6. The largest absolute Gasteiger partial charge is 0.415 e. The molecule has 1 aromatic heterocycles. The van der Waals surface area contributed by atoms with E-state index in [-0.39, 0.29) is 17.9 Å². The molecule has 32 heavy (non-hydrogen) atoms. The highest BCUT2D eigenvalue weighted by Gasteiger charge is 2.23. The number of aryl methyl sites for hydroxylation is 1. The Bertz CT molecular complexity index is 897. The van der Waals surface area contributed by atoms with E-state index in [9.17, 15) is 9.59 Å². The zero-order valence-electron chi connectivity index (χ0n) is 18.8. The third-order valence-corrected chi connectivity index (χ3v) is 6.38. The summed E-state index contributed by atoms with van der Waals surface area (Å²) in [5.74, 6) is 0.697. The molecule has 2 fully saturated rings. The first-order valence-corrected chi connectivity index (χ1v) is 11.6. The van der Waals surface area contributed by atoms with Gasteiger partial charge in [-0.25, -0.2) is 9.78 Å². The molecular formula is C24H33N5O3. The number of carbonyl (C=O) groups is 2. The van der Waals surface area contributed by atoms with Crippen LogP contribution in [0.1, 0.15) is 37.8 Å². The zero-order chi connectivity index (χ0) is 22.3. The van der Waals surface area contributed by atoms with Crippen molar-refractivity contribution in [1.82, 2.24) is 19.4 Å².